The van der Waals surface area contributed by atoms with Crippen LogP contribution in [0.3, 0.4) is 0 Å². The van der Waals surface area contributed by atoms with Crippen molar-refractivity contribution in [2.24, 2.45) is 5.73 Å². The van der Waals surface area contributed by atoms with E-state index in [0.717, 1.165) is 10.5 Å². The molecule has 4 unspecified atom stereocenters. The van der Waals surface area contributed by atoms with Gasteiger partial charge >= 0.3 is 7.82 Å². The highest BCUT2D eigenvalue weighted by molar-refractivity contribution is 7.48. The summed E-state index contributed by atoms with van der Waals surface area (Å²) in [6, 6.07) is 7.20. The van der Waals surface area contributed by atoms with Crippen molar-refractivity contribution in [3.63, 3.8) is 0 Å². The molecule has 0 aromatic heterocycles. The third kappa shape index (κ3) is 5.41. The molecule has 1 aromatic rings. The molecule has 7 atom stereocenters. The maximum Gasteiger partial charge on any atom is 0.475 e. The number of carbonyl (C=O) groups is 1. The Balaban J connectivity index is 1.29. The van der Waals surface area contributed by atoms with Crippen LogP contribution < -0.4 is 10.6 Å². The number of allylic oxidation sites excluding steroid dienone is 1. The second kappa shape index (κ2) is 9.70. The SMILES string of the molecule is CC1(C)O[C@@H]2[C@H](O1)C(COP1(=O)OCCC(c3cccc(Cl)c3)O1)O[C@H]2[NH+]1C=CCC(C(N)=O)=C1. The summed E-state index contributed by atoms with van der Waals surface area (Å²) < 4.78 is 48.6. The number of carbonyl (C=O) groups excluding carboxylic acids is 1. The van der Waals surface area contributed by atoms with Gasteiger partial charge in [-0.25, -0.2) is 4.57 Å². The fraction of sp³-hybridized carbons (Fsp3) is 0.522. The van der Waals surface area contributed by atoms with E-state index in [4.69, 9.17) is 45.1 Å². The van der Waals surface area contributed by atoms with Crippen LogP contribution in [0.2, 0.25) is 5.02 Å². The van der Waals surface area contributed by atoms with E-state index in [1.807, 2.05) is 38.3 Å². The molecule has 12 heteroatoms. The number of phosphoric ester groups is 1. The standard InChI is InChI=1S/C23H28ClN2O8P/c1-23(2)32-19-18(31-22(20(19)33-23)26-9-4-6-15(12-26)21(25)27)13-30-35(28)29-10-8-17(34-35)14-5-3-7-16(24)11-14/h3-5,7,9,11-12,17-20,22H,6,8,10,13H2,1-2H3,(H2,25,27)/p+1/t17?,18?,19-,20-,22-,35?/m1/s1. The number of hydrogen-bond acceptors (Lipinski definition) is 8. The summed E-state index contributed by atoms with van der Waals surface area (Å²) in [7, 11) is -3.86. The van der Waals surface area contributed by atoms with Gasteiger partial charge in [-0.1, -0.05) is 23.7 Å². The predicted octanol–water partition coefficient (Wildman–Crippen LogP) is 2.36. The van der Waals surface area contributed by atoms with Crippen LogP contribution >= 0.6 is 19.4 Å². The van der Waals surface area contributed by atoms with E-state index in [0.29, 0.717) is 23.4 Å². The number of quaternary nitrogens is 1. The number of nitrogens with two attached hydrogens (primary N) is 1. The van der Waals surface area contributed by atoms with Gasteiger partial charge in [0.15, 0.2) is 11.9 Å². The molecule has 3 N–H and O–H groups in total. The van der Waals surface area contributed by atoms with Gasteiger partial charge in [-0.2, -0.15) is 0 Å². The zero-order valence-corrected chi connectivity index (χ0v) is 21.1. The quantitative estimate of drug-likeness (QED) is 0.541. The third-order valence-electron chi connectivity index (χ3n) is 6.29. The van der Waals surface area contributed by atoms with Crippen LogP contribution in [0.4, 0.5) is 0 Å². The lowest BCUT2D eigenvalue weighted by molar-refractivity contribution is -0.853. The Labute approximate surface area is 208 Å². The van der Waals surface area contributed by atoms with E-state index in [1.165, 1.54) is 0 Å². The van der Waals surface area contributed by atoms with Crippen molar-refractivity contribution in [3.8, 4) is 0 Å². The van der Waals surface area contributed by atoms with Gasteiger partial charge in [0, 0.05) is 17.9 Å². The average Bonchev–Trinajstić information content (AvgIpc) is 3.30. The van der Waals surface area contributed by atoms with Crippen molar-refractivity contribution in [2.75, 3.05) is 13.2 Å². The maximum absolute atomic E-state index is 13.3. The first-order chi connectivity index (χ1) is 16.6. The number of phosphoric acid groups is 1. The number of primary amides is 1. The van der Waals surface area contributed by atoms with Crippen molar-refractivity contribution in [1.82, 2.24) is 0 Å². The van der Waals surface area contributed by atoms with Crippen molar-refractivity contribution in [3.05, 3.63) is 58.9 Å². The largest absolute Gasteiger partial charge is 0.475 e. The highest BCUT2D eigenvalue weighted by Gasteiger charge is 2.59. The van der Waals surface area contributed by atoms with E-state index in [1.54, 1.807) is 18.3 Å². The van der Waals surface area contributed by atoms with Gasteiger partial charge in [0.05, 0.1) is 31.1 Å². The lowest BCUT2D eigenvalue weighted by atomic mass is 10.1. The number of amides is 1. The van der Waals surface area contributed by atoms with E-state index in [2.05, 4.69) is 0 Å². The molecule has 35 heavy (non-hydrogen) atoms. The molecule has 4 aliphatic rings. The fourth-order valence-electron chi connectivity index (χ4n) is 4.74. The Bertz CT molecular complexity index is 1100. The minimum absolute atomic E-state index is 0.0972. The van der Waals surface area contributed by atoms with Crippen molar-refractivity contribution in [2.45, 2.75) is 63.1 Å². The minimum Gasteiger partial charge on any atom is -0.366 e. The topological polar surface area (TPSA) is 120 Å². The molecule has 1 amide bonds. The number of benzene rings is 1. The summed E-state index contributed by atoms with van der Waals surface area (Å²) in [6.07, 6.45) is 3.92. The Morgan fingerprint density at radius 2 is 2.11 bits per heavy atom. The number of fused-ring (bicyclic) bond motifs is 1. The van der Waals surface area contributed by atoms with Gasteiger partial charge in [-0.15, -0.1) is 0 Å². The Morgan fingerprint density at radius 1 is 1.31 bits per heavy atom. The lowest BCUT2D eigenvalue weighted by Gasteiger charge is -2.30. The van der Waals surface area contributed by atoms with Crippen LogP contribution in [-0.4, -0.2) is 49.4 Å². The molecule has 0 saturated carbocycles. The lowest BCUT2D eigenvalue weighted by Crippen LogP contribution is -3.09. The molecule has 0 spiro atoms. The van der Waals surface area contributed by atoms with Crippen LogP contribution in [0.1, 0.15) is 38.4 Å². The molecule has 3 saturated heterocycles. The first kappa shape index (κ1) is 25.1. The molecular weight excluding hydrogens is 499 g/mol. The molecule has 5 rings (SSSR count). The zero-order chi connectivity index (χ0) is 24.8. The summed E-state index contributed by atoms with van der Waals surface area (Å²) in [6.45, 7) is 3.75. The van der Waals surface area contributed by atoms with Crippen LogP contribution in [0.5, 0.6) is 0 Å². The van der Waals surface area contributed by atoms with Crippen LogP contribution in [0.15, 0.2) is 48.3 Å². The number of halogens is 1. The van der Waals surface area contributed by atoms with Crippen LogP contribution in [-0.2, 0) is 37.1 Å². The van der Waals surface area contributed by atoms with Gasteiger partial charge in [0.25, 0.3) is 0 Å². The monoisotopic (exact) mass is 527 g/mol. The zero-order valence-electron chi connectivity index (χ0n) is 19.4. The summed E-state index contributed by atoms with van der Waals surface area (Å²) in [5.41, 5.74) is 6.76. The minimum atomic E-state index is -3.86. The number of nitrogens with one attached hydrogen (secondary N) is 1. The smallest absolute Gasteiger partial charge is 0.366 e. The molecular formula is C23H29ClN2O8P+. The summed E-state index contributed by atoms with van der Waals surface area (Å²) >= 11 is 6.10. The first-order valence-electron chi connectivity index (χ1n) is 11.5. The number of hydrogen-bond donors (Lipinski definition) is 2. The van der Waals surface area contributed by atoms with Crippen molar-refractivity contribution >= 4 is 25.3 Å². The highest BCUT2D eigenvalue weighted by Crippen LogP contribution is 2.57. The summed E-state index contributed by atoms with van der Waals surface area (Å²) in [5.74, 6) is -1.32. The fourth-order valence-corrected chi connectivity index (χ4v) is 6.33. The molecule has 0 bridgehead atoms. The van der Waals surface area contributed by atoms with Gasteiger partial charge in [0.1, 0.15) is 18.4 Å². The molecule has 1 aromatic carbocycles. The summed E-state index contributed by atoms with van der Waals surface area (Å²) in [4.78, 5) is 12.4. The second-order valence-corrected chi connectivity index (χ2v) is 11.4. The molecule has 4 heterocycles. The molecule has 3 fully saturated rings. The highest BCUT2D eigenvalue weighted by atomic mass is 35.5. The van der Waals surface area contributed by atoms with E-state index >= 15 is 0 Å². The Morgan fingerprint density at radius 3 is 2.89 bits per heavy atom. The molecule has 4 aliphatic heterocycles. The van der Waals surface area contributed by atoms with Crippen molar-refractivity contribution < 1.29 is 42.0 Å². The van der Waals surface area contributed by atoms with Crippen LogP contribution in [0.25, 0.3) is 0 Å². The molecule has 0 aliphatic carbocycles. The number of rotatable bonds is 6. The van der Waals surface area contributed by atoms with Crippen molar-refractivity contribution in [1.29, 1.82) is 0 Å². The molecule has 10 nitrogen and oxygen atoms in total. The Kier molecular flexibility index (Phi) is 6.95. The van der Waals surface area contributed by atoms with Gasteiger partial charge in [-0.3, -0.25) is 23.3 Å². The van der Waals surface area contributed by atoms with E-state index < -0.39 is 50.2 Å². The normalized spacial score (nSPS) is 38.2. The average molecular weight is 528 g/mol. The Hall–Kier alpha value is -1.59. The predicted molar refractivity (Wildman–Crippen MR) is 124 cm³/mol. The third-order valence-corrected chi connectivity index (χ3v) is 8.00. The van der Waals surface area contributed by atoms with Crippen LogP contribution in [0, 0.1) is 0 Å². The number of ether oxygens (including phenoxy) is 3. The van der Waals surface area contributed by atoms with E-state index in [-0.39, 0.29) is 13.2 Å². The van der Waals surface area contributed by atoms with Gasteiger partial charge < -0.3 is 19.9 Å². The second-order valence-electron chi connectivity index (χ2n) is 9.31. The first-order valence-corrected chi connectivity index (χ1v) is 13.3. The van der Waals surface area contributed by atoms with Gasteiger partial charge in [0.2, 0.25) is 12.1 Å². The van der Waals surface area contributed by atoms with E-state index in [9.17, 15) is 9.36 Å². The van der Waals surface area contributed by atoms with Gasteiger partial charge in [-0.05, 0) is 37.6 Å². The maximum atomic E-state index is 13.3. The summed E-state index contributed by atoms with van der Waals surface area (Å²) in [5, 5.41) is 0.564. The molecule has 190 valence electrons. The molecule has 0 radical (unpaired) electrons.